The van der Waals surface area contributed by atoms with Crippen molar-refractivity contribution in [1.29, 1.82) is 0 Å². The van der Waals surface area contributed by atoms with E-state index in [9.17, 15) is 32.7 Å². The first kappa shape index (κ1) is 34.5. The summed E-state index contributed by atoms with van der Waals surface area (Å²) >= 11 is 6.13. The number of aromatic hydroxyl groups is 1. The van der Waals surface area contributed by atoms with Crippen LogP contribution in [0.1, 0.15) is 34.4 Å². The van der Waals surface area contributed by atoms with Crippen molar-refractivity contribution >= 4 is 51.5 Å². The number of carbonyl (C=O) groups excluding carboxylic acids is 2. The number of anilines is 2. The first-order chi connectivity index (χ1) is 24.8. The largest absolute Gasteiger partial charge is 0.504 e. The van der Waals surface area contributed by atoms with Crippen molar-refractivity contribution in [3.63, 3.8) is 0 Å². The molecule has 18 heteroatoms. The fourth-order valence-electron chi connectivity index (χ4n) is 6.24. The molecule has 268 valence electrons. The lowest BCUT2D eigenvalue weighted by atomic mass is 10.1. The van der Waals surface area contributed by atoms with E-state index in [4.69, 9.17) is 16.0 Å². The van der Waals surface area contributed by atoms with Crippen LogP contribution in [-0.4, -0.2) is 77.1 Å². The SMILES string of the molecule is CCc1c(N2CCN(C(=O)c3ncnc(C)c3O)CC2)c(=O)n2nc(-c3cccc4ccoc34)nc2n1CC(=O)Nc1ccc(C(F)(F)F)cc1Cl. The molecule has 0 atom stereocenters. The Balaban J connectivity index is 1.27. The zero-order valence-corrected chi connectivity index (χ0v) is 28.4. The maximum atomic E-state index is 14.3. The van der Waals surface area contributed by atoms with Gasteiger partial charge in [0.1, 0.15) is 24.1 Å². The molecule has 1 aliphatic rings. The van der Waals surface area contributed by atoms with E-state index in [2.05, 4.69) is 25.4 Å². The first-order valence-electron chi connectivity index (χ1n) is 16.1. The van der Waals surface area contributed by atoms with Crippen LogP contribution in [0.15, 0.2) is 64.3 Å². The Morgan fingerprint density at radius 3 is 2.56 bits per heavy atom. The van der Waals surface area contributed by atoms with Gasteiger partial charge in [0.25, 0.3) is 11.5 Å². The van der Waals surface area contributed by atoms with E-state index in [0.29, 0.717) is 16.8 Å². The number of para-hydroxylation sites is 1. The molecule has 0 radical (unpaired) electrons. The number of amides is 2. The lowest BCUT2D eigenvalue weighted by Gasteiger charge is -2.36. The molecule has 0 unspecified atom stereocenters. The number of aromatic nitrogens is 6. The van der Waals surface area contributed by atoms with Gasteiger partial charge in [0.2, 0.25) is 11.7 Å². The van der Waals surface area contributed by atoms with Crippen LogP contribution in [0.4, 0.5) is 24.5 Å². The topological polar surface area (TPSA) is 164 Å². The quantitative estimate of drug-likeness (QED) is 0.230. The predicted molar refractivity (Wildman–Crippen MR) is 183 cm³/mol. The van der Waals surface area contributed by atoms with Gasteiger partial charge in [-0.1, -0.05) is 30.7 Å². The third kappa shape index (κ3) is 6.16. The Hall–Kier alpha value is -5.97. The van der Waals surface area contributed by atoms with E-state index >= 15 is 0 Å². The highest BCUT2D eigenvalue weighted by Gasteiger charge is 2.32. The van der Waals surface area contributed by atoms with E-state index in [1.807, 2.05) is 6.07 Å². The second-order valence-corrected chi connectivity index (χ2v) is 12.4. The van der Waals surface area contributed by atoms with Gasteiger partial charge >= 0.3 is 6.18 Å². The van der Waals surface area contributed by atoms with Crippen molar-refractivity contribution in [3.05, 3.63) is 93.1 Å². The van der Waals surface area contributed by atoms with Gasteiger partial charge < -0.3 is 29.2 Å². The van der Waals surface area contributed by atoms with Gasteiger partial charge in [-0.2, -0.15) is 22.7 Å². The number of hydrogen-bond donors (Lipinski definition) is 2. The van der Waals surface area contributed by atoms with Crippen molar-refractivity contribution in [2.24, 2.45) is 0 Å². The smallest absolute Gasteiger partial charge is 0.416 e. The molecular weight excluding hydrogens is 707 g/mol. The van der Waals surface area contributed by atoms with E-state index in [-0.39, 0.29) is 77.7 Å². The predicted octanol–water partition coefficient (Wildman–Crippen LogP) is 4.94. The third-order valence-corrected chi connectivity index (χ3v) is 9.16. The molecule has 5 heterocycles. The average Bonchev–Trinajstić information content (AvgIpc) is 3.79. The molecule has 1 saturated heterocycles. The Kier molecular flexibility index (Phi) is 8.82. The number of alkyl halides is 3. The Morgan fingerprint density at radius 1 is 1.08 bits per heavy atom. The number of furan rings is 1. The molecule has 2 N–H and O–H groups in total. The number of hydrogen-bond acceptors (Lipinski definition) is 10. The normalized spacial score (nSPS) is 13.7. The molecule has 0 spiro atoms. The van der Waals surface area contributed by atoms with Gasteiger partial charge in [0, 0.05) is 31.6 Å². The van der Waals surface area contributed by atoms with Crippen molar-refractivity contribution in [2.75, 3.05) is 36.4 Å². The monoisotopic (exact) mass is 735 g/mol. The minimum Gasteiger partial charge on any atom is -0.504 e. The number of piperazine rings is 1. The standard InChI is InChI=1S/C34H29ClF3N9O5/c1-3-24-27(44-10-12-45(13-11-44)31(50)26-28(49)18(2)39-17-40-26)32(51)47-33(42-30(43-47)21-6-4-5-19-9-14-52-29(19)21)46(24)16-25(48)41-23-8-7-20(15-22(23)35)34(36,37)38/h4-9,14-15,17,49H,3,10-13,16H2,1-2H3,(H,41,48). The second-order valence-electron chi connectivity index (χ2n) is 12.0. The van der Waals surface area contributed by atoms with Crippen molar-refractivity contribution < 1.29 is 32.3 Å². The maximum Gasteiger partial charge on any atom is 0.416 e. The molecule has 6 aromatic rings. The molecule has 1 aliphatic heterocycles. The van der Waals surface area contributed by atoms with Crippen LogP contribution in [0.25, 0.3) is 28.1 Å². The molecule has 1 fully saturated rings. The Bertz CT molecular complexity index is 2430. The van der Waals surface area contributed by atoms with Crippen LogP contribution in [-0.2, 0) is 23.9 Å². The summed E-state index contributed by atoms with van der Waals surface area (Å²) < 4.78 is 48.0. The number of nitrogens with zero attached hydrogens (tertiary/aromatic N) is 8. The molecule has 2 amide bonds. The van der Waals surface area contributed by atoms with Gasteiger partial charge in [-0.15, -0.1) is 5.10 Å². The second kappa shape index (κ2) is 13.3. The summed E-state index contributed by atoms with van der Waals surface area (Å²) in [4.78, 5) is 57.0. The number of benzene rings is 2. The van der Waals surface area contributed by atoms with E-state index in [1.54, 1.807) is 36.9 Å². The van der Waals surface area contributed by atoms with Crippen molar-refractivity contribution in [1.82, 2.24) is 34.0 Å². The van der Waals surface area contributed by atoms with Gasteiger partial charge in [-0.25, -0.2) is 9.97 Å². The highest BCUT2D eigenvalue weighted by atomic mass is 35.5. The third-order valence-electron chi connectivity index (χ3n) is 8.84. The fraction of sp³-hybridized carbons (Fsp3) is 0.265. The maximum absolute atomic E-state index is 14.3. The number of fused-ring (bicyclic) bond motifs is 2. The summed E-state index contributed by atoms with van der Waals surface area (Å²) in [5, 5.41) is 18.0. The minimum atomic E-state index is -4.62. The number of rotatable bonds is 7. The van der Waals surface area contributed by atoms with Gasteiger partial charge in [0.05, 0.1) is 39.5 Å². The molecule has 2 aromatic carbocycles. The van der Waals surface area contributed by atoms with Gasteiger partial charge in [0.15, 0.2) is 17.3 Å². The van der Waals surface area contributed by atoms with Gasteiger partial charge in [-0.05, 0) is 43.7 Å². The average molecular weight is 736 g/mol. The highest BCUT2D eigenvalue weighted by molar-refractivity contribution is 6.33. The highest BCUT2D eigenvalue weighted by Crippen LogP contribution is 2.34. The summed E-state index contributed by atoms with van der Waals surface area (Å²) in [6.07, 6.45) is -1.64. The zero-order chi connectivity index (χ0) is 36.9. The summed E-state index contributed by atoms with van der Waals surface area (Å²) in [6, 6.07) is 9.75. The summed E-state index contributed by atoms with van der Waals surface area (Å²) in [6.45, 7) is 3.73. The number of carbonyl (C=O) groups is 2. The molecule has 4 aromatic heterocycles. The van der Waals surface area contributed by atoms with Crippen molar-refractivity contribution in [3.8, 4) is 17.1 Å². The van der Waals surface area contributed by atoms with Crippen LogP contribution in [0.3, 0.4) is 0 Å². The van der Waals surface area contributed by atoms with Crippen LogP contribution < -0.4 is 15.8 Å². The summed E-state index contributed by atoms with van der Waals surface area (Å²) in [7, 11) is 0. The lowest BCUT2D eigenvalue weighted by molar-refractivity contribution is -0.137. The molecular formula is C34H29ClF3N9O5. The lowest BCUT2D eigenvalue weighted by Crippen LogP contribution is -2.51. The van der Waals surface area contributed by atoms with E-state index in [0.717, 1.165) is 28.1 Å². The number of aryl methyl sites for hydroxylation is 1. The van der Waals surface area contributed by atoms with E-state index in [1.165, 1.54) is 22.1 Å². The summed E-state index contributed by atoms with van der Waals surface area (Å²) in [5.74, 6) is -1.24. The molecule has 7 rings (SSSR count). The fourth-order valence-corrected chi connectivity index (χ4v) is 6.47. The molecule has 0 saturated carbocycles. The Labute approximate surface area is 297 Å². The van der Waals surface area contributed by atoms with Crippen LogP contribution >= 0.6 is 11.6 Å². The van der Waals surface area contributed by atoms with Crippen LogP contribution in [0, 0.1) is 6.92 Å². The van der Waals surface area contributed by atoms with Gasteiger partial charge in [-0.3, -0.25) is 14.4 Å². The molecule has 0 aliphatic carbocycles. The van der Waals surface area contributed by atoms with Crippen LogP contribution in [0.2, 0.25) is 5.02 Å². The Morgan fingerprint density at radius 2 is 1.85 bits per heavy atom. The van der Waals surface area contributed by atoms with E-state index < -0.39 is 35.7 Å². The number of nitrogens with one attached hydrogen (secondary N) is 1. The zero-order valence-electron chi connectivity index (χ0n) is 27.6. The minimum absolute atomic E-state index is 0.0348. The molecule has 14 nitrogen and oxygen atoms in total. The number of halogens is 4. The molecule has 52 heavy (non-hydrogen) atoms. The summed E-state index contributed by atoms with van der Waals surface area (Å²) in [5.41, 5.74) is 0.293. The molecule has 0 bridgehead atoms. The van der Waals surface area contributed by atoms with Crippen molar-refractivity contribution in [2.45, 2.75) is 33.0 Å². The van der Waals surface area contributed by atoms with Crippen LogP contribution in [0.5, 0.6) is 5.75 Å². The first-order valence-corrected chi connectivity index (χ1v) is 16.4.